The molecule has 0 atom stereocenters. The number of rotatable bonds is 6. The minimum atomic E-state index is -4.15. The van der Waals surface area contributed by atoms with Crippen molar-refractivity contribution in [3.8, 4) is 0 Å². The van der Waals surface area contributed by atoms with E-state index in [0.29, 0.717) is 6.54 Å². The van der Waals surface area contributed by atoms with Crippen LogP contribution in [0.15, 0.2) is 24.3 Å². The van der Waals surface area contributed by atoms with Crippen molar-refractivity contribution in [2.24, 2.45) is 0 Å². The number of nitrogens with one attached hydrogen (secondary N) is 1. The maximum Gasteiger partial charge on any atom is 0.390 e. The number of carbonyl (C=O) groups excluding carboxylic acids is 1. The number of carbonyl (C=O) groups is 1. The zero-order valence-corrected chi connectivity index (χ0v) is 10.6. The lowest BCUT2D eigenvalue weighted by Gasteiger charge is -2.11. The molecule has 0 saturated carbocycles. The second-order valence-electron chi connectivity index (χ2n) is 4.06. The highest BCUT2D eigenvalue weighted by Crippen LogP contribution is 2.18. The number of ether oxygens (including phenoxy) is 1. The van der Waals surface area contributed by atoms with Crippen LogP contribution in [0.25, 0.3) is 0 Å². The van der Waals surface area contributed by atoms with Gasteiger partial charge < -0.3 is 10.1 Å². The molecule has 1 N–H and O–H groups in total. The van der Waals surface area contributed by atoms with Crippen molar-refractivity contribution in [3.63, 3.8) is 0 Å². The zero-order valence-electron chi connectivity index (χ0n) is 10.6. The number of hydrogen-bond donors (Lipinski definition) is 1. The van der Waals surface area contributed by atoms with Crippen molar-refractivity contribution in [1.82, 2.24) is 5.32 Å². The summed E-state index contributed by atoms with van der Waals surface area (Å²) in [6.45, 7) is 0.152. The Labute approximate surface area is 109 Å². The van der Waals surface area contributed by atoms with E-state index in [1.807, 2.05) is 0 Å². The van der Waals surface area contributed by atoms with Gasteiger partial charge in [-0.25, -0.2) is 0 Å². The lowest BCUT2D eigenvalue weighted by atomic mass is 10.0. The Bertz CT molecular complexity index is 419. The first-order chi connectivity index (χ1) is 8.92. The largest absolute Gasteiger partial charge is 0.469 e. The number of esters is 1. The van der Waals surface area contributed by atoms with Crippen LogP contribution in [0.3, 0.4) is 0 Å². The molecule has 0 unspecified atom stereocenters. The van der Waals surface area contributed by atoms with Crippen LogP contribution < -0.4 is 5.32 Å². The van der Waals surface area contributed by atoms with E-state index in [-0.39, 0.29) is 18.9 Å². The summed E-state index contributed by atoms with van der Waals surface area (Å²) in [6.07, 6.45) is -4.90. The van der Waals surface area contributed by atoms with E-state index in [0.717, 1.165) is 11.1 Å². The van der Waals surface area contributed by atoms with Crippen LogP contribution in [0, 0.1) is 0 Å². The minimum Gasteiger partial charge on any atom is -0.469 e. The maximum atomic E-state index is 12.0. The third kappa shape index (κ3) is 6.24. The fourth-order valence-electron chi connectivity index (χ4n) is 1.58. The Hall–Kier alpha value is -1.56. The van der Waals surface area contributed by atoms with E-state index < -0.39 is 12.6 Å². The van der Waals surface area contributed by atoms with Crippen LogP contribution in [-0.4, -0.2) is 25.8 Å². The molecule has 0 saturated heterocycles. The summed E-state index contributed by atoms with van der Waals surface area (Å²) in [5.74, 6) is -0.372. The van der Waals surface area contributed by atoms with Gasteiger partial charge in [0.05, 0.1) is 20.0 Å². The highest BCUT2D eigenvalue weighted by atomic mass is 19.4. The monoisotopic (exact) mass is 275 g/mol. The molecule has 0 aliphatic heterocycles. The van der Waals surface area contributed by atoms with Gasteiger partial charge >= 0.3 is 12.1 Å². The molecule has 0 amide bonds. The van der Waals surface area contributed by atoms with Crippen LogP contribution in [0.4, 0.5) is 13.2 Å². The van der Waals surface area contributed by atoms with Crippen LogP contribution in [-0.2, 0) is 22.5 Å². The molecule has 0 aliphatic rings. The van der Waals surface area contributed by atoms with Crippen molar-refractivity contribution in [2.75, 3.05) is 13.7 Å². The third-order valence-corrected chi connectivity index (χ3v) is 2.58. The molecular weight excluding hydrogens is 259 g/mol. The maximum absolute atomic E-state index is 12.0. The average molecular weight is 275 g/mol. The predicted octanol–water partition coefficient (Wildman–Crippen LogP) is 2.44. The normalized spacial score (nSPS) is 11.4. The summed E-state index contributed by atoms with van der Waals surface area (Å²) in [6, 6.07) is 7.09. The molecule has 0 aliphatic carbocycles. The van der Waals surface area contributed by atoms with E-state index >= 15 is 0 Å². The van der Waals surface area contributed by atoms with Gasteiger partial charge in [-0.2, -0.15) is 13.2 Å². The summed E-state index contributed by atoms with van der Waals surface area (Å²) < 4.78 is 40.5. The van der Waals surface area contributed by atoms with E-state index in [1.54, 1.807) is 24.3 Å². The predicted molar refractivity (Wildman–Crippen MR) is 64.5 cm³/mol. The van der Waals surface area contributed by atoms with Gasteiger partial charge in [0.15, 0.2) is 0 Å². The molecule has 0 radical (unpaired) electrons. The molecule has 0 heterocycles. The van der Waals surface area contributed by atoms with Crippen molar-refractivity contribution in [1.29, 1.82) is 0 Å². The fourth-order valence-corrected chi connectivity index (χ4v) is 1.58. The van der Waals surface area contributed by atoms with Gasteiger partial charge in [-0.3, -0.25) is 4.79 Å². The molecule has 0 aromatic heterocycles. The lowest BCUT2D eigenvalue weighted by molar-refractivity contribution is -0.139. The Morgan fingerprint density at radius 1 is 1.26 bits per heavy atom. The Morgan fingerprint density at radius 3 is 2.47 bits per heavy atom. The molecule has 1 aromatic carbocycles. The minimum absolute atomic E-state index is 0.119. The van der Waals surface area contributed by atoms with Crippen LogP contribution in [0.1, 0.15) is 17.5 Å². The summed E-state index contributed by atoms with van der Waals surface area (Å²) in [5.41, 5.74) is 1.56. The van der Waals surface area contributed by atoms with Crippen molar-refractivity contribution < 1.29 is 22.7 Å². The molecule has 6 heteroatoms. The Balaban J connectivity index is 2.51. The summed E-state index contributed by atoms with van der Waals surface area (Å²) >= 11 is 0. The molecule has 0 spiro atoms. The first-order valence-corrected chi connectivity index (χ1v) is 5.83. The van der Waals surface area contributed by atoms with Crippen molar-refractivity contribution in [2.45, 2.75) is 25.6 Å². The summed E-state index contributed by atoms with van der Waals surface area (Å²) in [7, 11) is 1.30. The molecule has 3 nitrogen and oxygen atoms in total. The highest BCUT2D eigenvalue weighted by molar-refractivity contribution is 5.72. The number of methoxy groups -OCH3 is 1. The van der Waals surface area contributed by atoms with E-state index in [2.05, 4.69) is 10.1 Å². The van der Waals surface area contributed by atoms with Crippen molar-refractivity contribution in [3.05, 3.63) is 35.4 Å². The number of halogens is 3. The molecule has 0 fully saturated rings. The SMILES string of the molecule is COC(=O)Cc1ccccc1CNCCC(F)(F)F. The van der Waals surface area contributed by atoms with Gasteiger partial charge in [-0.1, -0.05) is 24.3 Å². The number of hydrogen-bond acceptors (Lipinski definition) is 3. The van der Waals surface area contributed by atoms with Gasteiger partial charge in [0, 0.05) is 13.1 Å². The first kappa shape index (κ1) is 15.5. The zero-order chi connectivity index (χ0) is 14.3. The topological polar surface area (TPSA) is 38.3 Å². The Morgan fingerprint density at radius 2 is 1.89 bits per heavy atom. The summed E-state index contributed by atoms with van der Waals surface area (Å²) in [4.78, 5) is 11.2. The van der Waals surface area contributed by atoms with E-state index in [1.165, 1.54) is 7.11 Å². The average Bonchev–Trinajstić information content (AvgIpc) is 2.35. The lowest BCUT2D eigenvalue weighted by Crippen LogP contribution is -2.22. The molecular formula is C13H16F3NO2. The smallest absolute Gasteiger partial charge is 0.390 e. The number of alkyl halides is 3. The molecule has 1 rings (SSSR count). The van der Waals surface area contributed by atoms with E-state index in [9.17, 15) is 18.0 Å². The van der Waals surface area contributed by atoms with Gasteiger partial charge in [0.1, 0.15) is 0 Å². The van der Waals surface area contributed by atoms with Gasteiger partial charge in [0.2, 0.25) is 0 Å². The first-order valence-electron chi connectivity index (χ1n) is 5.83. The van der Waals surface area contributed by atoms with Crippen LogP contribution in [0.2, 0.25) is 0 Å². The van der Waals surface area contributed by atoms with Crippen LogP contribution >= 0.6 is 0 Å². The van der Waals surface area contributed by atoms with E-state index in [4.69, 9.17) is 0 Å². The molecule has 1 aromatic rings. The second kappa shape index (κ2) is 7.13. The standard InChI is InChI=1S/C13H16F3NO2/c1-19-12(18)8-10-4-2-3-5-11(10)9-17-7-6-13(14,15)16/h2-5,17H,6-9H2,1H3. The van der Waals surface area contributed by atoms with Gasteiger partial charge in [-0.05, 0) is 11.1 Å². The van der Waals surface area contributed by atoms with Gasteiger partial charge in [0.25, 0.3) is 0 Å². The number of benzene rings is 1. The fraction of sp³-hybridized carbons (Fsp3) is 0.462. The van der Waals surface area contributed by atoms with Crippen LogP contribution in [0.5, 0.6) is 0 Å². The quantitative estimate of drug-likeness (QED) is 0.640. The molecule has 106 valence electrons. The Kier molecular flexibility index (Phi) is 5.82. The summed E-state index contributed by atoms with van der Waals surface area (Å²) in [5, 5.41) is 2.72. The third-order valence-electron chi connectivity index (χ3n) is 2.58. The van der Waals surface area contributed by atoms with Gasteiger partial charge in [-0.15, -0.1) is 0 Å². The highest BCUT2D eigenvalue weighted by Gasteiger charge is 2.25. The molecule has 19 heavy (non-hydrogen) atoms. The molecule has 0 bridgehead atoms. The second-order valence-corrected chi connectivity index (χ2v) is 4.06. The van der Waals surface area contributed by atoms with Crippen molar-refractivity contribution >= 4 is 5.97 Å².